The molecule has 2 N–H and O–H groups in total. The fraction of sp³-hybridized carbons (Fsp3) is 0.846. The van der Waals surface area contributed by atoms with Crippen LogP contribution in [0.25, 0.3) is 0 Å². The smallest absolute Gasteiger partial charge is 0.306 e. The van der Waals surface area contributed by atoms with Crippen molar-refractivity contribution < 1.29 is 19.8 Å². The number of aliphatic carboxylic acids is 2. The Kier molecular flexibility index (Phi) is 6.85. The zero-order chi connectivity index (χ0) is 13.6. The summed E-state index contributed by atoms with van der Waals surface area (Å²) in [5.74, 6) is -2.11. The summed E-state index contributed by atoms with van der Waals surface area (Å²) in [4.78, 5) is 21.9. The van der Waals surface area contributed by atoms with Gasteiger partial charge in [0.05, 0.1) is 11.8 Å². The van der Waals surface area contributed by atoms with Gasteiger partial charge in [0.25, 0.3) is 0 Å². The molecule has 0 saturated carbocycles. The van der Waals surface area contributed by atoms with Crippen LogP contribution in [0.4, 0.5) is 0 Å². The Labute approximate surface area is 103 Å². The van der Waals surface area contributed by atoms with Crippen LogP contribution in [0.15, 0.2) is 0 Å². The van der Waals surface area contributed by atoms with E-state index in [1.807, 2.05) is 27.7 Å². The van der Waals surface area contributed by atoms with Gasteiger partial charge in [-0.15, -0.1) is 0 Å². The molecule has 0 rings (SSSR count). The molecule has 0 bridgehead atoms. The van der Waals surface area contributed by atoms with Gasteiger partial charge in [0.1, 0.15) is 0 Å². The molecule has 0 aromatic heterocycles. The maximum absolute atomic E-state index is 11.0. The highest BCUT2D eigenvalue weighted by Gasteiger charge is 2.24. The van der Waals surface area contributed by atoms with Crippen LogP contribution in [0, 0.1) is 23.7 Å². The van der Waals surface area contributed by atoms with Gasteiger partial charge in [-0.3, -0.25) is 9.59 Å². The van der Waals surface area contributed by atoms with E-state index in [-0.39, 0.29) is 23.7 Å². The second-order valence-corrected chi connectivity index (χ2v) is 5.31. The minimum atomic E-state index is -0.781. The molecule has 0 fully saturated rings. The van der Waals surface area contributed by atoms with E-state index in [0.29, 0.717) is 19.3 Å². The lowest BCUT2D eigenvalue weighted by molar-refractivity contribution is -0.143. The van der Waals surface area contributed by atoms with Crippen LogP contribution in [0.2, 0.25) is 0 Å². The van der Waals surface area contributed by atoms with Gasteiger partial charge in [-0.1, -0.05) is 34.1 Å². The lowest BCUT2D eigenvalue weighted by Crippen LogP contribution is -2.22. The van der Waals surface area contributed by atoms with Crippen LogP contribution in [0.1, 0.15) is 47.0 Å². The van der Waals surface area contributed by atoms with E-state index in [0.717, 1.165) is 0 Å². The summed E-state index contributed by atoms with van der Waals surface area (Å²) in [5, 5.41) is 18.0. The third-order valence-corrected chi connectivity index (χ3v) is 3.27. The molecule has 2 unspecified atom stereocenters. The molecular formula is C13H24O4. The lowest BCUT2D eigenvalue weighted by Gasteiger charge is -2.19. The van der Waals surface area contributed by atoms with Crippen molar-refractivity contribution in [3.05, 3.63) is 0 Å². The van der Waals surface area contributed by atoms with Crippen molar-refractivity contribution in [2.45, 2.75) is 47.0 Å². The summed E-state index contributed by atoms with van der Waals surface area (Å²) in [7, 11) is 0. The fourth-order valence-electron chi connectivity index (χ4n) is 2.04. The monoisotopic (exact) mass is 244 g/mol. The summed E-state index contributed by atoms with van der Waals surface area (Å²) >= 11 is 0. The predicted molar refractivity (Wildman–Crippen MR) is 65.8 cm³/mol. The Morgan fingerprint density at radius 2 is 1.12 bits per heavy atom. The van der Waals surface area contributed by atoms with Crippen LogP contribution in [0.3, 0.4) is 0 Å². The Morgan fingerprint density at radius 1 is 0.824 bits per heavy atom. The van der Waals surface area contributed by atoms with Crippen molar-refractivity contribution in [2.75, 3.05) is 0 Å². The normalized spacial score (nSPS) is 14.9. The molecule has 4 heteroatoms. The molecule has 0 aromatic carbocycles. The highest BCUT2D eigenvalue weighted by molar-refractivity contribution is 5.71. The number of carboxylic acids is 2. The van der Waals surface area contributed by atoms with Gasteiger partial charge < -0.3 is 10.2 Å². The van der Waals surface area contributed by atoms with Gasteiger partial charge in [-0.2, -0.15) is 0 Å². The molecule has 0 spiro atoms. The molecule has 17 heavy (non-hydrogen) atoms. The van der Waals surface area contributed by atoms with Gasteiger partial charge >= 0.3 is 11.9 Å². The quantitative estimate of drug-likeness (QED) is 0.688. The van der Waals surface area contributed by atoms with Gasteiger partial charge in [-0.05, 0) is 24.7 Å². The first kappa shape index (κ1) is 15.9. The zero-order valence-electron chi connectivity index (χ0n) is 11.1. The van der Waals surface area contributed by atoms with Crippen LogP contribution in [-0.4, -0.2) is 22.2 Å². The maximum Gasteiger partial charge on any atom is 0.306 e. The van der Waals surface area contributed by atoms with E-state index in [4.69, 9.17) is 10.2 Å². The highest BCUT2D eigenvalue weighted by atomic mass is 16.4. The van der Waals surface area contributed by atoms with Crippen LogP contribution < -0.4 is 0 Å². The largest absolute Gasteiger partial charge is 0.481 e. The van der Waals surface area contributed by atoms with Crippen molar-refractivity contribution in [1.29, 1.82) is 0 Å². The molecule has 4 nitrogen and oxygen atoms in total. The fourth-order valence-corrected chi connectivity index (χ4v) is 2.04. The Hall–Kier alpha value is -1.06. The number of hydrogen-bond donors (Lipinski definition) is 2. The average Bonchev–Trinajstić information content (AvgIpc) is 2.14. The Bertz CT molecular complexity index is 232. The maximum atomic E-state index is 11.0. The van der Waals surface area contributed by atoms with Gasteiger partial charge in [0, 0.05) is 0 Å². The summed E-state index contributed by atoms with van der Waals surface area (Å²) in [6.07, 6.45) is 1.78. The molecule has 2 atom stereocenters. The molecule has 0 aliphatic rings. The molecule has 0 radical (unpaired) electrons. The molecule has 0 saturated heterocycles. The van der Waals surface area contributed by atoms with E-state index in [9.17, 15) is 9.59 Å². The number of carboxylic acid groups (broad SMARTS) is 2. The standard InChI is InChI=1S/C13H24O4/c1-8(2)10(12(14)15)6-5-7-11(9(3)4)13(16)17/h8-11H,5-7H2,1-4H3,(H,14,15)(H,16,17). The molecular weight excluding hydrogens is 220 g/mol. The first-order valence-corrected chi connectivity index (χ1v) is 6.23. The first-order valence-electron chi connectivity index (χ1n) is 6.23. The van der Waals surface area contributed by atoms with E-state index in [2.05, 4.69) is 0 Å². The van der Waals surface area contributed by atoms with Crippen molar-refractivity contribution in [3.8, 4) is 0 Å². The molecule has 0 aliphatic heterocycles. The number of hydrogen-bond acceptors (Lipinski definition) is 2. The third-order valence-electron chi connectivity index (χ3n) is 3.27. The number of rotatable bonds is 8. The Morgan fingerprint density at radius 3 is 1.29 bits per heavy atom. The summed E-state index contributed by atoms with van der Waals surface area (Å²) in [6.45, 7) is 7.54. The second kappa shape index (κ2) is 7.30. The van der Waals surface area contributed by atoms with Gasteiger partial charge in [-0.25, -0.2) is 0 Å². The highest BCUT2D eigenvalue weighted by Crippen LogP contribution is 2.23. The van der Waals surface area contributed by atoms with E-state index in [1.165, 1.54) is 0 Å². The van der Waals surface area contributed by atoms with Crippen molar-refractivity contribution in [1.82, 2.24) is 0 Å². The minimum absolute atomic E-state index is 0.0924. The summed E-state index contributed by atoms with van der Waals surface area (Å²) < 4.78 is 0. The topological polar surface area (TPSA) is 74.6 Å². The molecule has 0 amide bonds. The van der Waals surface area contributed by atoms with E-state index < -0.39 is 11.9 Å². The second-order valence-electron chi connectivity index (χ2n) is 5.31. The van der Waals surface area contributed by atoms with Crippen LogP contribution in [0.5, 0.6) is 0 Å². The molecule has 0 aromatic rings. The zero-order valence-corrected chi connectivity index (χ0v) is 11.1. The van der Waals surface area contributed by atoms with E-state index in [1.54, 1.807) is 0 Å². The number of carbonyl (C=O) groups is 2. The Balaban J connectivity index is 4.19. The van der Waals surface area contributed by atoms with Crippen LogP contribution >= 0.6 is 0 Å². The summed E-state index contributed by atoms with van der Waals surface area (Å²) in [6, 6.07) is 0. The van der Waals surface area contributed by atoms with Crippen molar-refractivity contribution in [2.24, 2.45) is 23.7 Å². The van der Waals surface area contributed by atoms with Gasteiger partial charge in [0.2, 0.25) is 0 Å². The van der Waals surface area contributed by atoms with Crippen molar-refractivity contribution in [3.63, 3.8) is 0 Å². The molecule has 0 heterocycles. The first-order chi connectivity index (χ1) is 7.77. The van der Waals surface area contributed by atoms with Crippen LogP contribution in [-0.2, 0) is 9.59 Å². The molecule has 100 valence electrons. The van der Waals surface area contributed by atoms with Gasteiger partial charge in [0.15, 0.2) is 0 Å². The minimum Gasteiger partial charge on any atom is -0.481 e. The molecule has 0 aliphatic carbocycles. The van der Waals surface area contributed by atoms with Crippen molar-refractivity contribution >= 4 is 11.9 Å². The lowest BCUT2D eigenvalue weighted by atomic mass is 9.86. The average molecular weight is 244 g/mol. The SMILES string of the molecule is CC(C)C(CCCC(C(=O)O)C(C)C)C(=O)O. The summed E-state index contributed by atoms with van der Waals surface area (Å²) in [5.41, 5.74) is 0. The third kappa shape index (κ3) is 5.71. The van der Waals surface area contributed by atoms with E-state index >= 15 is 0 Å². The predicted octanol–water partition coefficient (Wildman–Crippen LogP) is 2.87.